The van der Waals surface area contributed by atoms with Gasteiger partial charge in [-0.05, 0) is 31.4 Å². The predicted octanol–water partition coefficient (Wildman–Crippen LogP) is 1.43. The summed E-state index contributed by atoms with van der Waals surface area (Å²) in [6.07, 6.45) is 1.43. The van der Waals surface area contributed by atoms with Gasteiger partial charge in [-0.2, -0.15) is 0 Å². The first-order valence-corrected chi connectivity index (χ1v) is 8.85. The van der Waals surface area contributed by atoms with Crippen LogP contribution in [-0.4, -0.2) is 38.4 Å². The summed E-state index contributed by atoms with van der Waals surface area (Å²) >= 11 is 0. The second-order valence-electron chi connectivity index (χ2n) is 5.65. The van der Waals surface area contributed by atoms with E-state index in [1.54, 1.807) is 11.8 Å². The molecule has 0 aromatic heterocycles. The molecule has 0 unspecified atom stereocenters. The molecule has 2 rings (SSSR count). The number of carbonyl (C=O) groups is 1. The summed E-state index contributed by atoms with van der Waals surface area (Å²) in [6, 6.07) is 7.17. The summed E-state index contributed by atoms with van der Waals surface area (Å²) in [4.78, 5) is 13.3. The van der Waals surface area contributed by atoms with Gasteiger partial charge in [-0.25, -0.2) is 13.1 Å². The lowest BCUT2D eigenvalue weighted by molar-refractivity contribution is -0.127. The van der Waals surface area contributed by atoms with Crippen molar-refractivity contribution in [2.24, 2.45) is 0 Å². The fraction of sp³-hybridized carbons (Fsp3) is 0.533. The highest BCUT2D eigenvalue weighted by atomic mass is 32.2. The maximum Gasteiger partial charge on any atom is 0.222 e. The normalized spacial score (nSPS) is 17.2. The lowest BCUT2D eigenvalue weighted by Crippen LogP contribution is -2.42. The second kappa shape index (κ2) is 6.58. The highest BCUT2D eigenvalue weighted by molar-refractivity contribution is 7.88. The number of aryl methyl sites for hydroxylation is 1. The number of hydrogen-bond donors (Lipinski definition) is 1. The van der Waals surface area contributed by atoms with Gasteiger partial charge in [0.1, 0.15) is 0 Å². The second-order valence-corrected chi connectivity index (χ2v) is 7.40. The summed E-state index contributed by atoms with van der Waals surface area (Å²) < 4.78 is 27.1. The molecule has 0 saturated carbocycles. The Balaban J connectivity index is 1.94. The molecule has 21 heavy (non-hydrogen) atoms. The van der Waals surface area contributed by atoms with E-state index in [9.17, 15) is 13.2 Å². The van der Waals surface area contributed by atoms with E-state index < -0.39 is 10.0 Å². The lowest BCUT2D eigenvalue weighted by atomic mass is 10.1. The first kappa shape index (κ1) is 16.0. The van der Waals surface area contributed by atoms with Gasteiger partial charge < -0.3 is 4.90 Å². The van der Waals surface area contributed by atoms with Gasteiger partial charge in [0, 0.05) is 25.6 Å². The van der Waals surface area contributed by atoms with Crippen molar-refractivity contribution in [2.75, 3.05) is 13.1 Å². The summed E-state index contributed by atoms with van der Waals surface area (Å²) in [7, 11) is -3.40. The van der Waals surface area contributed by atoms with Gasteiger partial charge in [-0.3, -0.25) is 4.79 Å². The van der Waals surface area contributed by atoms with Gasteiger partial charge in [0.05, 0.1) is 5.75 Å². The van der Waals surface area contributed by atoms with Crippen molar-refractivity contribution in [3.05, 3.63) is 35.4 Å². The van der Waals surface area contributed by atoms with E-state index in [-0.39, 0.29) is 17.7 Å². The quantitative estimate of drug-likeness (QED) is 0.864. The predicted molar refractivity (Wildman–Crippen MR) is 82.2 cm³/mol. The molecule has 1 aliphatic rings. The van der Waals surface area contributed by atoms with Crippen LogP contribution in [0.4, 0.5) is 0 Å². The molecule has 1 aliphatic heterocycles. The van der Waals surface area contributed by atoms with Crippen molar-refractivity contribution in [3.63, 3.8) is 0 Å². The third-order valence-electron chi connectivity index (χ3n) is 3.65. The lowest BCUT2D eigenvalue weighted by Gasteiger charge is -2.21. The Morgan fingerprint density at radius 1 is 1.33 bits per heavy atom. The Bertz CT molecular complexity index is 613. The topological polar surface area (TPSA) is 66.5 Å². The van der Waals surface area contributed by atoms with Gasteiger partial charge in [0.25, 0.3) is 0 Å². The van der Waals surface area contributed by atoms with Crippen LogP contribution >= 0.6 is 0 Å². The Morgan fingerprint density at radius 2 is 2.05 bits per heavy atom. The monoisotopic (exact) mass is 310 g/mol. The van der Waals surface area contributed by atoms with Gasteiger partial charge >= 0.3 is 0 Å². The van der Waals surface area contributed by atoms with Crippen LogP contribution in [0.1, 0.15) is 30.9 Å². The van der Waals surface area contributed by atoms with E-state index in [0.29, 0.717) is 13.0 Å². The number of rotatable bonds is 6. The number of sulfonamides is 1. The van der Waals surface area contributed by atoms with Crippen LogP contribution in [0.5, 0.6) is 0 Å². The van der Waals surface area contributed by atoms with Crippen molar-refractivity contribution < 1.29 is 13.2 Å². The number of nitrogens with one attached hydrogen (secondary N) is 1. The largest absolute Gasteiger partial charge is 0.341 e. The number of hydrogen-bond acceptors (Lipinski definition) is 3. The van der Waals surface area contributed by atoms with Crippen LogP contribution in [-0.2, 0) is 20.6 Å². The van der Waals surface area contributed by atoms with E-state index in [0.717, 1.165) is 24.1 Å². The highest BCUT2D eigenvalue weighted by Crippen LogP contribution is 2.12. The van der Waals surface area contributed by atoms with Crippen LogP contribution in [0, 0.1) is 6.92 Å². The molecule has 1 aromatic rings. The molecular weight excluding hydrogens is 288 g/mol. The first-order chi connectivity index (χ1) is 9.87. The molecule has 5 nitrogen and oxygen atoms in total. The molecule has 1 heterocycles. The number of benzene rings is 1. The zero-order valence-corrected chi connectivity index (χ0v) is 13.3. The summed E-state index contributed by atoms with van der Waals surface area (Å²) in [5.41, 5.74) is 1.76. The third kappa shape index (κ3) is 4.54. The highest BCUT2D eigenvalue weighted by Gasteiger charge is 2.24. The SMILES string of the molecule is Cc1ccccc1CS(=O)(=O)N[C@H](C)CN1CCCC1=O. The molecular formula is C15H22N2O3S. The Morgan fingerprint density at radius 3 is 2.67 bits per heavy atom. The van der Waals surface area contributed by atoms with Crippen LogP contribution in [0.15, 0.2) is 24.3 Å². The molecule has 1 N–H and O–H groups in total. The van der Waals surface area contributed by atoms with Gasteiger partial charge in [-0.1, -0.05) is 24.3 Å². The zero-order valence-electron chi connectivity index (χ0n) is 12.5. The molecule has 116 valence electrons. The van der Waals surface area contributed by atoms with Crippen LogP contribution in [0.2, 0.25) is 0 Å². The molecule has 1 saturated heterocycles. The minimum Gasteiger partial charge on any atom is -0.341 e. The van der Waals surface area contributed by atoms with E-state index >= 15 is 0 Å². The average molecular weight is 310 g/mol. The van der Waals surface area contributed by atoms with E-state index in [1.165, 1.54) is 0 Å². The third-order valence-corrected chi connectivity index (χ3v) is 5.11. The van der Waals surface area contributed by atoms with E-state index in [1.807, 2.05) is 31.2 Å². The molecule has 0 aliphatic carbocycles. The van der Waals surface area contributed by atoms with Crippen molar-refractivity contribution in [1.29, 1.82) is 0 Å². The van der Waals surface area contributed by atoms with Gasteiger partial charge in [0.2, 0.25) is 15.9 Å². The fourth-order valence-corrected chi connectivity index (χ4v) is 4.09. The average Bonchev–Trinajstić information content (AvgIpc) is 2.77. The molecule has 1 amide bonds. The van der Waals surface area contributed by atoms with Crippen molar-refractivity contribution >= 4 is 15.9 Å². The zero-order chi connectivity index (χ0) is 15.5. The number of carbonyl (C=O) groups excluding carboxylic acids is 1. The first-order valence-electron chi connectivity index (χ1n) is 7.20. The molecule has 0 bridgehead atoms. The maximum atomic E-state index is 12.2. The number of nitrogens with zero attached hydrogens (tertiary/aromatic N) is 1. The molecule has 6 heteroatoms. The molecule has 0 radical (unpaired) electrons. The summed E-state index contributed by atoms with van der Waals surface area (Å²) in [5, 5.41) is 0. The standard InChI is InChI=1S/C15H22N2O3S/c1-12-6-3-4-7-14(12)11-21(19,20)16-13(2)10-17-9-5-8-15(17)18/h3-4,6-7,13,16H,5,8-11H2,1-2H3/t13-/m1/s1. The van der Waals surface area contributed by atoms with Crippen LogP contribution in [0.3, 0.4) is 0 Å². The Labute approximate surface area is 126 Å². The molecule has 1 atom stereocenters. The number of amides is 1. The number of likely N-dealkylation sites (tertiary alicyclic amines) is 1. The molecule has 1 fully saturated rings. The van der Waals surface area contributed by atoms with Crippen molar-refractivity contribution in [2.45, 2.75) is 38.5 Å². The van der Waals surface area contributed by atoms with Crippen molar-refractivity contribution in [3.8, 4) is 0 Å². The van der Waals surface area contributed by atoms with Crippen molar-refractivity contribution in [1.82, 2.24) is 9.62 Å². The minimum atomic E-state index is -3.40. The van der Waals surface area contributed by atoms with E-state index in [2.05, 4.69) is 4.72 Å². The van der Waals surface area contributed by atoms with Crippen LogP contribution in [0.25, 0.3) is 0 Å². The molecule has 1 aromatic carbocycles. The van der Waals surface area contributed by atoms with Gasteiger partial charge in [-0.15, -0.1) is 0 Å². The van der Waals surface area contributed by atoms with E-state index in [4.69, 9.17) is 0 Å². The molecule has 0 spiro atoms. The Kier molecular flexibility index (Phi) is 5.00. The smallest absolute Gasteiger partial charge is 0.222 e. The minimum absolute atomic E-state index is 0.0298. The fourth-order valence-electron chi connectivity index (χ4n) is 2.59. The van der Waals surface area contributed by atoms with Crippen LogP contribution < -0.4 is 4.72 Å². The van der Waals surface area contributed by atoms with Gasteiger partial charge in [0.15, 0.2) is 0 Å². The summed E-state index contributed by atoms with van der Waals surface area (Å²) in [5.74, 6) is 0.0813. The summed E-state index contributed by atoms with van der Waals surface area (Å²) in [6.45, 7) is 4.85. The Hall–Kier alpha value is -1.40. The maximum absolute atomic E-state index is 12.2.